The number of amides is 1. The average Bonchev–Trinajstić information content (AvgIpc) is 2.40. The van der Waals surface area contributed by atoms with E-state index in [1.807, 2.05) is 12.1 Å². The van der Waals surface area contributed by atoms with Crippen LogP contribution in [0.2, 0.25) is 0 Å². The van der Waals surface area contributed by atoms with E-state index >= 15 is 0 Å². The van der Waals surface area contributed by atoms with Gasteiger partial charge in [0, 0.05) is 18.8 Å². The second kappa shape index (κ2) is 6.26. The predicted octanol–water partition coefficient (Wildman–Crippen LogP) is -0.401. The maximum Gasteiger partial charge on any atom is 0.298 e. The van der Waals surface area contributed by atoms with Gasteiger partial charge in [-0.15, -0.1) is 0 Å². The van der Waals surface area contributed by atoms with Crippen molar-refractivity contribution >= 4 is 12.1 Å². The molecule has 5 nitrogen and oxygen atoms in total. The molecule has 0 saturated carbocycles. The second-order valence-corrected chi connectivity index (χ2v) is 4.66. The third-order valence-corrected chi connectivity index (χ3v) is 3.32. The Kier molecular flexibility index (Phi) is 4.41. The van der Waals surface area contributed by atoms with E-state index in [2.05, 4.69) is 22.6 Å². The SMILES string of the molecule is C[NH+]1CCCC[C@H]1C(=O)N/N=C\c1ccncc1. The van der Waals surface area contributed by atoms with Gasteiger partial charge in [0.1, 0.15) is 0 Å². The molecule has 0 aromatic carbocycles. The first-order chi connectivity index (χ1) is 8.77. The lowest BCUT2D eigenvalue weighted by Crippen LogP contribution is -3.15. The Morgan fingerprint density at radius 3 is 3.00 bits per heavy atom. The van der Waals surface area contributed by atoms with Gasteiger partial charge >= 0.3 is 0 Å². The lowest BCUT2D eigenvalue weighted by Gasteiger charge is -2.27. The molecule has 0 spiro atoms. The van der Waals surface area contributed by atoms with Crippen LogP contribution in [0.25, 0.3) is 0 Å². The highest BCUT2D eigenvalue weighted by molar-refractivity contribution is 5.84. The maximum atomic E-state index is 11.9. The van der Waals surface area contributed by atoms with Crippen molar-refractivity contribution in [1.82, 2.24) is 10.4 Å². The first kappa shape index (κ1) is 12.7. The number of likely N-dealkylation sites (N-methyl/N-ethyl adjacent to an activating group) is 1. The Hall–Kier alpha value is -1.75. The summed E-state index contributed by atoms with van der Waals surface area (Å²) in [6, 6.07) is 3.72. The van der Waals surface area contributed by atoms with Gasteiger partial charge < -0.3 is 4.90 Å². The van der Waals surface area contributed by atoms with Gasteiger partial charge in [-0.3, -0.25) is 9.78 Å². The van der Waals surface area contributed by atoms with Crippen molar-refractivity contribution < 1.29 is 9.69 Å². The molecule has 1 aliphatic heterocycles. The topological polar surface area (TPSA) is 58.8 Å². The molecule has 2 heterocycles. The van der Waals surface area contributed by atoms with Gasteiger partial charge in [0.25, 0.3) is 5.91 Å². The fourth-order valence-corrected chi connectivity index (χ4v) is 2.23. The van der Waals surface area contributed by atoms with Crippen molar-refractivity contribution in [2.45, 2.75) is 25.3 Å². The molecule has 1 amide bonds. The molecular weight excluding hydrogens is 228 g/mol. The first-order valence-electron chi connectivity index (χ1n) is 6.32. The molecule has 2 rings (SSSR count). The molecule has 1 aromatic heterocycles. The summed E-state index contributed by atoms with van der Waals surface area (Å²) in [5.41, 5.74) is 3.55. The van der Waals surface area contributed by atoms with Crippen molar-refractivity contribution in [3.8, 4) is 0 Å². The highest BCUT2D eigenvalue weighted by Gasteiger charge is 2.29. The number of carbonyl (C=O) groups is 1. The molecule has 1 fully saturated rings. The lowest BCUT2D eigenvalue weighted by atomic mass is 10.0. The molecule has 1 aliphatic rings. The van der Waals surface area contributed by atoms with Crippen molar-refractivity contribution in [2.75, 3.05) is 13.6 Å². The number of carbonyl (C=O) groups excluding carboxylic acids is 1. The molecule has 1 unspecified atom stereocenters. The minimum atomic E-state index is 0.0116. The molecular formula is C13H19N4O+. The Bertz CT molecular complexity index is 418. The summed E-state index contributed by atoms with van der Waals surface area (Å²) < 4.78 is 0. The van der Waals surface area contributed by atoms with E-state index < -0.39 is 0 Å². The molecule has 0 radical (unpaired) electrons. The molecule has 0 aliphatic carbocycles. The smallest absolute Gasteiger partial charge is 0.298 e. The van der Waals surface area contributed by atoms with Gasteiger partial charge in [-0.2, -0.15) is 5.10 Å². The summed E-state index contributed by atoms with van der Waals surface area (Å²) in [6.07, 6.45) is 8.31. The zero-order valence-electron chi connectivity index (χ0n) is 10.6. The van der Waals surface area contributed by atoms with Crippen LogP contribution in [0.1, 0.15) is 24.8 Å². The standard InChI is InChI=1S/C13H18N4O/c1-17-9-3-2-4-12(17)13(18)16-15-10-11-5-7-14-8-6-11/h5-8,10,12H,2-4,9H2,1H3,(H,16,18)/p+1/b15-10-/t12-/m0/s1. The van der Waals surface area contributed by atoms with Crippen molar-refractivity contribution in [3.63, 3.8) is 0 Å². The number of rotatable bonds is 3. The Morgan fingerprint density at radius 1 is 1.50 bits per heavy atom. The normalized spacial score (nSPS) is 24.1. The van der Waals surface area contributed by atoms with Crippen molar-refractivity contribution in [1.29, 1.82) is 0 Å². The summed E-state index contributed by atoms with van der Waals surface area (Å²) in [5, 5.41) is 3.99. The van der Waals surface area contributed by atoms with E-state index in [9.17, 15) is 4.79 Å². The highest BCUT2D eigenvalue weighted by atomic mass is 16.2. The van der Waals surface area contributed by atoms with Crippen LogP contribution in [-0.4, -0.2) is 36.7 Å². The van der Waals surface area contributed by atoms with Crippen LogP contribution in [0, 0.1) is 0 Å². The van der Waals surface area contributed by atoms with E-state index in [-0.39, 0.29) is 11.9 Å². The summed E-state index contributed by atoms with van der Waals surface area (Å²) in [5.74, 6) is 0.0116. The third-order valence-electron chi connectivity index (χ3n) is 3.32. The predicted molar refractivity (Wildman–Crippen MR) is 69.4 cm³/mol. The van der Waals surface area contributed by atoms with Gasteiger partial charge in [-0.25, -0.2) is 5.43 Å². The Labute approximate surface area is 107 Å². The Morgan fingerprint density at radius 2 is 2.28 bits per heavy atom. The first-order valence-corrected chi connectivity index (χ1v) is 6.32. The molecule has 2 atom stereocenters. The summed E-state index contributed by atoms with van der Waals surface area (Å²) in [6.45, 7) is 1.06. The highest BCUT2D eigenvalue weighted by Crippen LogP contribution is 2.02. The number of quaternary nitrogens is 1. The van der Waals surface area contributed by atoms with Crippen molar-refractivity contribution in [3.05, 3.63) is 30.1 Å². The van der Waals surface area contributed by atoms with Gasteiger partial charge in [0.15, 0.2) is 6.04 Å². The van der Waals surface area contributed by atoms with E-state index in [1.165, 1.54) is 11.3 Å². The average molecular weight is 247 g/mol. The Balaban J connectivity index is 1.86. The molecule has 2 N–H and O–H groups in total. The summed E-state index contributed by atoms with van der Waals surface area (Å²) >= 11 is 0. The van der Waals surface area contributed by atoms with E-state index in [0.29, 0.717) is 0 Å². The summed E-state index contributed by atoms with van der Waals surface area (Å²) in [4.78, 5) is 17.1. The van der Waals surface area contributed by atoms with Crippen LogP contribution in [-0.2, 0) is 4.79 Å². The number of aromatic nitrogens is 1. The minimum Gasteiger partial charge on any atom is -0.327 e. The van der Waals surface area contributed by atoms with E-state index in [0.717, 1.165) is 24.9 Å². The number of nitrogens with zero attached hydrogens (tertiary/aromatic N) is 2. The molecule has 0 bridgehead atoms. The van der Waals surface area contributed by atoms with E-state index in [4.69, 9.17) is 0 Å². The van der Waals surface area contributed by atoms with Gasteiger partial charge in [0.2, 0.25) is 0 Å². The van der Waals surface area contributed by atoms with Crippen LogP contribution in [0.3, 0.4) is 0 Å². The number of pyridine rings is 1. The van der Waals surface area contributed by atoms with Crippen LogP contribution in [0.4, 0.5) is 0 Å². The molecule has 18 heavy (non-hydrogen) atoms. The molecule has 1 saturated heterocycles. The lowest BCUT2D eigenvalue weighted by molar-refractivity contribution is -0.901. The molecule has 96 valence electrons. The van der Waals surface area contributed by atoms with Crippen LogP contribution in [0.15, 0.2) is 29.6 Å². The minimum absolute atomic E-state index is 0.0116. The largest absolute Gasteiger partial charge is 0.327 e. The molecule has 1 aromatic rings. The third kappa shape index (κ3) is 3.37. The second-order valence-electron chi connectivity index (χ2n) is 4.66. The fraction of sp³-hybridized carbons (Fsp3) is 0.462. The van der Waals surface area contributed by atoms with Gasteiger partial charge in [-0.05, 0) is 30.5 Å². The fourth-order valence-electron chi connectivity index (χ4n) is 2.23. The van der Waals surface area contributed by atoms with Gasteiger partial charge in [-0.1, -0.05) is 0 Å². The zero-order valence-corrected chi connectivity index (χ0v) is 10.6. The number of nitrogens with one attached hydrogen (secondary N) is 2. The number of hydrogen-bond acceptors (Lipinski definition) is 3. The quantitative estimate of drug-likeness (QED) is 0.564. The van der Waals surface area contributed by atoms with Crippen molar-refractivity contribution in [2.24, 2.45) is 5.10 Å². The van der Waals surface area contributed by atoms with Gasteiger partial charge in [0.05, 0.1) is 19.8 Å². The number of likely N-dealkylation sites (tertiary alicyclic amines) is 1. The molecule has 5 heteroatoms. The van der Waals surface area contributed by atoms with Crippen LogP contribution in [0.5, 0.6) is 0 Å². The van der Waals surface area contributed by atoms with Crippen LogP contribution < -0.4 is 10.3 Å². The number of hydrogen-bond donors (Lipinski definition) is 2. The number of hydrazone groups is 1. The number of piperidine rings is 1. The van der Waals surface area contributed by atoms with Crippen LogP contribution >= 0.6 is 0 Å². The summed E-state index contributed by atoms with van der Waals surface area (Å²) in [7, 11) is 2.07. The zero-order chi connectivity index (χ0) is 12.8. The monoisotopic (exact) mass is 247 g/mol. The maximum absolute atomic E-state index is 11.9. The van der Waals surface area contributed by atoms with E-state index in [1.54, 1.807) is 18.6 Å².